The molecular weight excluding hydrogens is 280 g/mol. The number of carbonyl (C=O) groups excluding carboxylic acids is 2. The summed E-state index contributed by atoms with van der Waals surface area (Å²) in [6.07, 6.45) is 1.87. The van der Waals surface area contributed by atoms with Crippen LogP contribution in [0.1, 0.15) is 6.42 Å². The van der Waals surface area contributed by atoms with E-state index in [1.54, 1.807) is 17.2 Å². The number of benzene rings is 1. The van der Waals surface area contributed by atoms with Crippen LogP contribution in [0.4, 0.5) is 5.69 Å². The minimum absolute atomic E-state index is 0.0689. The standard InChI is InChI=1S/C17H16N2O3/c1-22-17(21)13-9-16(20)19(11-13)14-7-8-18-15(10-14)12-5-3-2-4-6-12/h2-8,10,13H,9,11H2,1H3. The highest BCUT2D eigenvalue weighted by molar-refractivity contribution is 5.99. The van der Waals surface area contributed by atoms with Gasteiger partial charge >= 0.3 is 5.97 Å². The number of carbonyl (C=O) groups is 2. The Kier molecular flexibility index (Phi) is 3.87. The van der Waals surface area contributed by atoms with Crippen molar-refractivity contribution in [2.24, 2.45) is 5.92 Å². The molecule has 3 rings (SSSR count). The van der Waals surface area contributed by atoms with Gasteiger partial charge in [-0.1, -0.05) is 30.3 Å². The number of nitrogens with zero attached hydrogens (tertiary/aromatic N) is 2. The monoisotopic (exact) mass is 296 g/mol. The molecular formula is C17H16N2O3. The molecule has 1 saturated heterocycles. The second-order valence-electron chi connectivity index (χ2n) is 5.19. The van der Waals surface area contributed by atoms with Crippen LogP contribution in [0.5, 0.6) is 0 Å². The lowest BCUT2D eigenvalue weighted by molar-refractivity contribution is -0.145. The van der Waals surface area contributed by atoms with Gasteiger partial charge in [0.2, 0.25) is 5.91 Å². The van der Waals surface area contributed by atoms with Gasteiger partial charge in [0.15, 0.2) is 0 Å². The Labute approximate surface area is 128 Å². The van der Waals surface area contributed by atoms with Crippen LogP contribution in [0, 0.1) is 5.92 Å². The van der Waals surface area contributed by atoms with E-state index in [9.17, 15) is 9.59 Å². The number of hydrogen-bond acceptors (Lipinski definition) is 4. The molecule has 1 aromatic heterocycles. The average molecular weight is 296 g/mol. The van der Waals surface area contributed by atoms with E-state index in [-0.39, 0.29) is 18.3 Å². The number of hydrogen-bond donors (Lipinski definition) is 0. The van der Waals surface area contributed by atoms with Gasteiger partial charge in [0.1, 0.15) is 0 Å². The van der Waals surface area contributed by atoms with Crippen LogP contribution in [0.15, 0.2) is 48.7 Å². The number of amides is 1. The summed E-state index contributed by atoms with van der Waals surface area (Å²) in [5, 5.41) is 0. The Morgan fingerprint density at radius 1 is 1.27 bits per heavy atom. The van der Waals surface area contributed by atoms with Crippen LogP contribution in [-0.2, 0) is 14.3 Å². The molecule has 0 radical (unpaired) electrons. The lowest BCUT2D eigenvalue weighted by atomic mass is 10.1. The normalized spacial score (nSPS) is 17.6. The maximum absolute atomic E-state index is 12.2. The fraction of sp³-hybridized carbons (Fsp3) is 0.235. The average Bonchev–Trinajstić information content (AvgIpc) is 2.97. The van der Waals surface area contributed by atoms with Gasteiger partial charge in [-0.05, 0) is 12.1 Å². The number of ether oxygens (including phenoxy) is 1. The Hall–Kier alpha value is -2.69. The lowest BCUT2D eigenvalue weighted by Gasteiger charge is -2.17. The van der Waals surface area contributed by atoms with Crippen molar-refractivity contribution in [3.05, 3.63) is 48.7 Å². The minimum Gasteiger partial charge on any atom is -0.469 e. The Morgan fingerprint density at radius 2 is 2.05 bits per heavy atom. The molecule has 0 N–H and O–H groups in total. The van der Waals surface area contributed by atoms with Crippen molar-refractivity contribution in [3.63, 3.8) is 0 Å². The predicted molar refractivity (Wildman–Crippen MR) is 82.1 cm³/mol. The zero-order chi connectivity index (χ0) is 15.5. The third kappa shape index (κ3) is 2.70. The molecule has 0 bridgehead atoms. The molecule has 0 aliphatic carbocycles. The largest absolute Gasteiger partial charge is 0.469 e. The molecule has 1 aliphatic heterocycles. The summed E-state index contributed by atoms with van der Waals surface area (Å²) in [6.45, 7) is 0.351. The molecule has 1 amide bonds. The number of aromatic nitrogens is 1. The first kappa shape index (κ1) is 14.3. The SMILES string of the molecule is COC(=O)C1CC(=O)N(c2ccnc(-c3ccccc3)c2)C1. The topological polar surface area (TPSA) is 59.5 Å². The van der Waals surface area contributed by atoms with Gasteiger partial charge in [-0.2, -0.15) is 0 Å². The van der Waals surface area contributed by atoms with Gasteiger partial charge in [-0.3, -0.25) is 14.6 Å². The van der Waals surface area contributed by atoms with E-state index in [0.717, 1.165) is 16.9 Å². The molecule has 5 heteroatoms. The number of methoxy groups -OCH3 is 1. The smallest absolute Gasteiger partial charge is 0.311 e. The van der Waals surface area contributed by atoms with Crippen LogP contribution < -0.4 is 4.90 Å². The van der Waals surface area contributed by atoms with E-state index in [1.807, 2.05) is 36.4 Å². The molecule has 0 saturated carbocycles. The third-order valence-corrected chi connectivity index (χ3v) is 3.78. The molecule has 1 atom stereocenters. The first-order valence-corrected chi connectivity index (χ1v) is 7.08. The molecule has 112 valence electrons. The zero-order valence-electron chi connectivity index (χ0n) is 12.2. The van der Waals surface area contributed by atoms with Crippen molar-refractivity contribution in [1.82, 2.24) is 4.98 Å². The van der Waals surface area contributed by atoms with Gasteiger partial charge in [0.25, 0.3) is 0 Å². The number of pyridine rings is 1. The fourth-order valence-corrected chi connectivity index (χ4v) is 2.64. The first-order valence-electron chi connectivity index (χ1n) is 7.08. The summed E-state index contributed by atoms with van der Waals surface area (Å²) in [7, 11) is 1.34. The van der Waals surface area contributed by atoms with Gasteiger partial charge < -0.3 is 9.64 Å². The highest BCUT2D eigenvalue weighted by Gasteiger charge is 2.35. The third-order valence-electron chi connectivity index (χ3n) is 3.78. The highest BCUT2D eigenvalue weighted by atomic mass is 16.5. The maximum Gasteiger partial charge on any atom is 0.311 e. The van der Waals surface area contributed by atoms with Crippen molar-refractivity contribution in [2.75, 3.05) is 18.6 Å². The molecule has 22 heavy (non-hydrogen) atoms. The van der Waals surface area contributed by atoms with Crippen molar-refractivity contribution in [1.29, 1.82) is 0 Å². The molecule has 1 aromatic carbocycles. The van der Waals surface area contributed by atoms with Crippen molar-refractivity contribution in [3.8, 4) is 11.3 Å². The maximum atomic E-state index is 12.2. The second-order valence-corrected chi connectivity index (χ2v) is 5.19. The quantitative estimate of drug-likeness (QED) is 0.815. The van der Waals surface area contributed by atoms with Crippen LogP contribution in [-0.4, -0.2) is 30.5 Å². The van der Waals surface area contributed by atoms with E-state index in [4.69, 9.17) is 4.74 Å². The van der Waals surface area contributed by atoms with E-state index < -0.39 is 5.92 Å². The van der Waals surface area contributed by atoms with Gasteiger partial charge in [-0.15, -0.1) is 0 Å². The zero-order valence-corrected chi connectivity index (χ0v) is 12.2. The van der Waals surface area contributed by atoms with Crippen LogP contribution >= 0.6 is 0 Å². The molecule has 5 nitrogen and oxygen atoms in total. The molecule has 1 unspecified atom stereocenters. The number of esters is 1. The second kappa shape index (κ2) is 5.97. The predicted octanol–water partition coefficient (Wildman–Crippen LogP) is 2.27. The molecule has 2 aromatic rings. The van der Waals surface area contributed by atoms with Crippen LogP contribution in [0.25, 0.3) is 11.3 Å². The minimum atomic E-state index is -0.397. The van der Waals surface area contributed by atoms with E-state index in [2.05, 4.69) is 4.98 Å². The first-order chi connectivity index (χ1) is 10.7. The van der Waals surface area contributed by atoms with Crippen molar-refractivity contribution in [2.45, 2.75) is 6.42 Å². The Balaban J connectivity index is 1.87. The van der Waals surface area contributed by atoms with Gasteiger partial charge in [-0.25, -0.2) is 0 Å². The van der Waals surface area contributed by atoms with Crippen molar-refractivity contribution < 1.29 is 14.3 Å². The van der Waals surface area contributed by atoms with Gasteiger partial charge in [0.05, 0.1) is 18.7 Å². The summed E-state index contributed by atoms with van der Waals surface area (Å²) in [5.41, 5.74) is 2.54. The molecule has 2 heterocycles. The summed E-state index contributed by atoms with van der Waals surface area (Å²) in [5.74, 6) is -0.806. The van der Waals surface area contributed by atoms with Crippen LogP contribution in [0.3, 0.4) is 0 Å². The fourth-order valence-electron chi connectivity index (χ4n) is 2.64. The summed E-state index contributed by atoms with van der Waals surface area (Å²) in [6, 6.07) is 13.4. The lowest BCUT2D eigenvalue weighted by Crippen LogP contribution is -2.26. The molecule has 1 aliphatic rings. The van der Waals surface area contributed by atoms with Crippen molar-refractivity contribution >= 4 is 17.6 Å². The summed E-state index contributed by atoms with van der Waals surface area (Å²) in [4.78, 5) is 29.7. The van der Waals surface area contributed by atoms with Crippen LogP contribution in [0.2, 0.25) is 0 Å². The number of rotatable bonds is 3. The molecule has 0 spiro atoms. The van der Waals surface area contributed by atoms with Gasteiger partial charge in [0, 0.05) is 30.4 Å². The summed E-state index contributed by atoms with van der Waals surface area (Å²) < 4.78 is 4.73. The highest BCUT2D eigenvalue weighted by Crippen LogP contribution is 2.28. The molecule has 1 fully saturated rings. The van der Waals surface area contributed by atoms with E-state index in [1.165, 1.54) is 7.11 Å². The van der Waals surface area contributed by atoms with E-state index in [0.29, 0.717) is 6.54 Å². The number of anilines is 1. The Bertz CT molecular complexity index is 700. The van der Waals surface area contributed by atoms with E-state index >= 15 is 0 Å². The summed E-state index contributed by atoms with van der Waals surface area (Å²) >= 11 is 0. The Morgan fingerprint density at radius 3 is 2.77 bits per heavy atom.